The number of aromatic nitrogens is 2. The molecule has 1 aromatic carbocycles. The quantitative estimate of drug-likeness (QED) is 0.842. The molecule has 1 aromatic heterocycles. The monoisotopic (exact) mass is 324 g/mol. The number of piperazine rings is 1. The Balaban J connectivity index is 1.48. The molecule has 2 aliphatic rings. The van der Waals surface area contributed by atoms with E-state index in [4.69, 9.17) is 0 Å². The summed E-state index contributed by atoms with van der Waals surface area (Å²) in [4.78, 5) is 17.5. The van der Waals surface area contributed by atoms with Crippen molar-refractivity contribution >= 4 is 5.91 Å². The smallest absolute Gasteiger partial charge is 0.244 e. The standard InChI is InChI=1S/C19H24N4O/c24-19(15-22-10-4-9-20-22)23-12-11-21(17-7-8-17)14-18(23)13-16-5-2-1-3-6-16/h1-6,9-10,17-18H,7-8,11-15H2. The van der Waals surface area contributed by atoms with Gasteiger partial charge in [-0.25, -0.2) is 0 Å². The lowest BCUT2D eigenvalue weighted by atomic mass is 10.0. The van der Waals surface area contributed by atoms with Gasteiger partial charge in [0.25, 0.3) is 0 Å². The molecule has 1 aliphatic carbocycles. The van der Waals surface area contributed by atoms with Gasteiger partial charge in [0.05, 0.1) is 0 Å². The Bertz CT molecular complexity index is 666. The van der Waals surface area contributed by atoms with Crippen LogP contribution in [0.25, 0.3) is 0 Å². The summed E-state index contributed by atoms with van der Waals surface area (Å²) in [6.07, 6.45) is 7.14. The van der Waals surface area contributed by atoms with Gasteiger partial charge >= 0.3 is 0 Å². The minimum atomic E-state index is 0.176. The molecule has 1 atom stereocenters. The summed E-state index contributed by atoms with van der Waals surface area (Å²) in [5.74, 6) is 0.176. The molecule has 0 spiro atoms. The predicted molar refractivity (Wildman–Crippen MR) is 92.5 cm³/mol. The van der Waals surface area contributed by atoms with Crippen molar-refractivity contribution in [3.63, 3.8) is 0 Å². The molecule has 4 rings (SSSR count). The Kier molecular flexibility index (Phi) is 4.34. The lowest BCUT2D eigenvalue weighted by Crippen LogP contribution is -2.57. The second-order valence-corrected chi connectivity index (χ2v) is 6.86. The third-order valence-electron chi connectivity index (χ3n) is 5.07. The molecule has 2 aromatic rings. The van der Waals surface area contributed by atoms with Crippen LogP contribution in [0.2, 0.25) is 0 Å². The zero-order chi connectivity index (χ0) is 16.4. The first-order valence-electron chi connectivity index (χ1n) is 8.84. The van der Waals surface area contributed by atoms with Crippen LogP contribution in [0.5, 0.6) is 0 Å². The number of carbonyl (C=O) groups is 1. The molecule has 2 heterocycles. The van der Waals surface area contributed by atoms with E-state index in [1.165, 1.54) is 18.4 Å². The lowest BCUT2D eigenvalue weighted by molar-refractivity contribution is -0.137. The number of benzene rings is 1. The van der Waals surface area contributed by atoms with E-state index in [0.29, 0.717) is 6.54 Å². The van der Waals surface area contributed by atoms with Gasteiger partial charge in [0.2, 0.25) is 5.91 Å². The van der Waals surface area contributed by atoms with Crippen LogP contribution in [-0.2, 0) is 17.8 Å². The summed E-state index contributed by atoms with van der Waals surface area (Å²) in [7, 11) is 0. The van der Waals surface area contributed by atoms with E-state index in [-0.39, 0.29) is 11.9 Å². The fourth-order valence-corrected chi connectivity index (χ4v) is 3.66. The lowest BCUT2D eigenvalue weighted by Gasteiger charge is -2.42. The van der Waals surface area contributed by atoms with Crippen LogP contribution in [0.1, 0.15) is 18.4 Å². The van der Waals surface area contributed by atoms with Gasteiger partial charge in [-0.1, -0.05) is 30.3 Å². The maximum Gasteiger partial charge on any atom is 0.244 e. The van der Waals surface area contributed by atoms with E-state index in [2.05, 4.69) is 39.2 Å². The fourth-order valence-electron chi connectivity index (χ4n) is 3.66. The van der Waals surface area contributed by atoms with Crippen molar-refractivity contribution in [3.8, 4) is 0 Å². The van der Waals surface area contributed by atoms with Crippen molar-refractivity contribution in [1.29, 1.82) is 0 Å². The fraction of sp³-hybridized carbons (Fsp3) is 0.474. The average molecular weight is 324 g/mol. The minimum Gasteiger partial charge on any atom is -0.335 e. The molecule has 0 N–H and O–H groups in total. The topological polar surface area (TPSA) is 41.4 Å². The van der Waals surface area contributed by atoms with Gasteiger partial charge in [-0.3, -0.25) is 14.4 Å². The van der Waals surface area contributed by atoms with E-state index < -0.39 is 0 Å². The number of rotatable bonds is 5. The number of hydrogen-bond donors (Lipinski definition) is 0. The molecule has 0 bridgehead atoms. The van der Waals surface area contributed by atoms with E-state index in [1.54, 1.807) is 10.9 Å². The minimum absolute atomic E-state index is 0.176. The molecular weight excluding hydrogens is 300 g/mol. The number of amides is 1. The second-order valence-electron chi connectivity index (χ2n) is 6.86. The zero-order valence-corrected chi connectivity index (χ0v) is 13.9. The van der Waals surface area contributed by atoms with Crippen LogP contribution in [-0.4, -0.2) is 57.2 Å². The molecule has 1 unspecified atom stereocenters. The van der Waals surface area contributed by atoms with Gasteiger partial charge in [0.1, 0.15) is 6.54 Å². The van der Waals surface area contributed by atoms with Crippen LogP contribution in [0.15, 0.2) is 48.8 Å². The normalized spacial score (nSPS) is 21.8. The van der Waals surface area contributed by atoms with Gasteiger partial charge in [-0.15, -0.1) is 0 Å². The summed E-state index contributed by atoms with van der Waals surface area (Å²) >= 11 is 0. The molecule has 5 nitrogen and oxygen atoms in total. The van der Waals surface area contributed by atoms with Crippen molar-refractivity contribution in [2.24, 2.45) is 0 Å². The Morgan fingerprint density at radius 1 is 1.12 bits per heavy atom. The predicted octanol–water partition coefficient (Wildman–Crippen LogP) is 1.80. The van der Waals surface area contributed by atoms with E-state index in [9.17, 15) is 4.79 Å². The molecule has 126 valence electrons. The maximum absolute atomic E-state index is 12.8. The van der Waals surface area contributed by atoms with Gasteiger partial charge in [0, 0.05) is 44.1 Å². The van der Waals surface area contributed by atoms with E-state index in [1.807, 2.05) is 18.3 Å². The SMILES string of the molecule is O=C(Cn1cccn1)N1CCN(C2CC2)CC1Cc1ccccc1. The van der Waals surface area contributed by atoms with Gasteiger partial charge < -0.3 is 4.90 Å². The molecule has 0 radical (unpaired) electrons. The van der Waals surface area contributed by atoms with Crippen LogP contribution in [0.4, 0.5) is 0 Å². The van der Waals surface area contributed by atoms with Crippen LogP contribution >= 0.6 is 0 Å². The second kappa shape index (κ2) is 6.77. The highest BCUT2D eigenvalue weighted by atomic mass is 16.2. The molecule has 24 heavy (non-hydrogen) atoms. The molecule has 1 aliphatic heterocycles. The summed E-state index contributed by atoms with van der Waals surface area (Å²) in [5.41, 5.74) is 1.30. The number of nitrogens with zero attached hydrogens (tertiary/aromatic N) is 4. The highest BCUT2D eigenvalue weighted by Gasteiger charge is 2.37. The molecule has 1 amide bonds. The van der Waals surface area contributed by atoms with E-state index in [0.717, 1.165) is 32.1 Å². The van der Waals surface area contributed by atoms with Gasteiger partial charge in [-0.2, -0.15) is 5.10 Å². The Labute approximate surface area is 142 Å². The Morgan fingerprint density at radius 2 is 1.96 bits per heavy atom. The molecule has 5 heteroatoms. The first-order chi connectivity index (χ1) is 11.8. The summed E-state index contributed by atoms with van der Waals surface area (Å²) in [6.45, 7) is 3.15. The maximum atomic E-state index is 12.8. The van der Waals surface area contributed by atoms with Crippen molar-refractivity contribution in [3.05, 3.63) is 54.4 Å². The molecule has 1 saturated carbocycles. The van der Waals surface area contributed by atoms with Crippen molar-refractivity contribution in [2.75, 3.05) is 19.6 Å². The molecule has 2 fully saturated rings. The Hall–Kier alpha value is -2.14. The average Bonchev–Trinajstić information content (AvgIpc) is 3.34. The largest absolute Gasteiger partial charge is 0.335 e. The van der Waals surface area contributed by atoms with Crippen molar-refractivity contribution in [2.45, 2.75) is 37.9 Å². The van der Waals surface area contributed by atoms with Gasteiger partial charge in [0.15, 0.2) is 0 Å². The van der Waals surface area contributed by atoms with Crippen LogP contribution in [0.3, 0.4) is 0 Å². The zero-order valence-electron chi connectivity index (χ0n) is 13.9. The number of carbonyl (C=O) groups excluding carboxylic acids is 1. The van der Waals surface area contributed by atoms with Gasteiger partial charge in [-0.05, 0) is 30.9 Å². The first kappa shape index (κ1) is 15.4. The first-order valence-corrected chi connectivity index (χ1v) is 8.84. The summed E-state index contributed by atoms with van der Waals surface area (Å²) in [6, 6.07) is 13.4. The third kappa shape index (κ3) is 3.51. The molecular formula is C19H24N4O. The van der Waals surface area contributed by atoms with Crippen molar-refractivity contribution in [1.82, 2.24) is 19.6 Å². The van der Waals surface area contributed by atoms with E-state index >= 15 is 0 Å². The molecule has 1 saturated heterocycles. The summed E-state index contributed by atoms with van der Waals surface area (Å²) in [5, 5.41) is 4.17. The van der Waals surface area contributed by atoms with Crippen LogP contribution in [0, 0.1) is 0 Å². The highest BCUT2D eigenvalue weighted by Crippen LogP contribution is 2.29. The van der Waals surface area contributed by atoms with Crippen LogP contribution < -0.4 is 0 Å². The Morgan fingerprint density at radius 3 is 2.67 bits per heavy atom. The number of hydrogen-bond acceptors (Lipinski definition) is 3. The third-order valence-corrected chi connectivity index (χ3v) is 5.07. The van der Waals surface area contributed by atoms with Crippen molar-refractivity contribution < 1.29 is 4.79 Å². The summed E-state index contributed by atoms with van der Waals surface area (Å²) < 4.78 is 1.72. The highest BCUT2D eigenvalue weighted by molar-refractivity contribution is 5.76.